The molecule has 0 bridgehead atoms. The molecule has 2 rings (SSSR count). The molecule has 3 N–H and O–H groups in total. The molecule has 1 aromatic heterocycles. The molecular weight excluding hydrogens is 277 g/mol. The fourth-order valence-electron chi connectivity index (χ4n) is 1.64. The molecule has 102 valence electrons. The number of hydrogen-bond donors (Lipinski definition) is 2. The van der Waals surface area contributed by atoms with Crippen molar-refractivity contribution < 1.29 is 13.2 Å². The maximum Gasteiger partial charge on any atom is 0.416 e. The average molecular weight is 288 g/mol. The Balaban J connectivity index is 2.11. The van der Waals surface area contributed by atoms with Crippen LogP contribution in [0, 0.1) is 0 Å². The summed E-state index contributed by atoms with van der Waals surface area (Å²) in [5.74, 6) is 5.42. The van der Waals surface area contributed by atoms with E-state index in [4.69, 9.17) is 5.84 Å². The van der Waals surface area contributed by atoms with Gasteiger partial charge in [0.2, 0.25) is 0 Å². The number of halogens is 3. The second-order valence-corrected chi connectivity index (χ2v) is 4.56. The molecule has 0 aliphatic carbocycles. The maximum atomic E-state index is 12.4. The van der Waals surface area contributed by atoms with Crippen molar-refractivity contribution in [1.82, 2.24) is 15.0 Å². The van der Waals surface area contributed by atoms with E-state index in [0.29, 0.717) is 12.1 Å². The molecule has 8 heteroatoms. The summed E-state index contributed by atoms with van der Waals surface area (Å²) in [5, 5.41) is 5.63. The Morgan fingerprint density at radius 2 is 1.95 bits per heavy atom. The van der Waals surface area contributed by atoms with E-state index in [1.807, 2.05) is 0 Å². The van der Waals surface area contributed by atoms with Gasteiger partial charge in [0, 0.05) is 5.38 Å². The molecule has 0 aliphatic heterocycles. The molecule has 1 aromatic carbocycles. The first kappa shape index (κ1) is 13.9. The zero-order chi connectivity index (χ0) is 13.9. The minimum Gasteiger partial charge on any atom is -0.271 e. The summed E-state index contributed by atoms with van der Waals surface area (Å²) in [7, 11) is 0. The number of benzene rings is 1. The van der Waals surface area contributed by atoms with Crippen LogP contribution in [0.3, 0.4) is 0 Å². The lowest BCUT2D eigenvalue weighted by Gasteiger charge is -2.13. The van der Waals surface area contributed by atoms with Crippen LogP contribution in [0.2, 0.25) is 0 Å². The standard InChI is InChI=1S/C11H11F3N4S/c12-11(13,14)8-3-1-7(2-4-8)5-9(16-15)10-6-19-18-17-10/h1-4,6,9,16H,5,15H2. The van der Waals surface area contributed by atoms with Gasteiger partial charge in [-0.25, -0.2) is 0 Å². The lowest BCUT2D eigenvalue weighted by atomic mass is 10.0. The van der Waals surface area contributed by atoms with E-state index in [1.165, 1.54) is 23.7 Å². The van der Waals surface area contributed by atoms with Gasteiger partial charge in [0.1, 0.15) is 0 Å². The molecule has 2 aromatic rings. The molecule has 1 unspecified atom stereocenters. The normalized spacial score (nSPS) is 13.5. The Morgan fingerprint density at radius 3 is 2.42 bits per heavy atom. The second-order valence-electron chi connectivity index (χ2n) is 3.95. The molecule has 1 heterocycles. The van der Waals surface area contributed by atoms with Crippen molar-refractivity contribution in [2.24, 2.45) is 5.84 Å². The first-order valence-corrected chi connectivity index (χ1v) is 6.23. The van der Waals surface area contributed by atoms with Gasteiger partial charge in [-0.3, -0.25) is 11.3 Å². The lowest BCUT2D eigenvalue weighted by molar-refractivity contribution is -0.137. The van der Waals surface area contributed by atoms with Crippen LogP contribution in [0.1, 0.15) is 22.9 Å². The largest absolute Gasteiger partial charge is 0.416 e. The Morgan fingerprint density at radius 1 is 1.26 bits per heavy atom. The van der Waals surface area contributed by atoms with Crippen molar-refractivity contribution in [3.05, 3.63) is 46.5 Å². The molecule has 4 nitrogen and oxygen atoms in total. The number of nitrogens with one attached hydrogen (secondary N) is 1. The average Bonchev–Trinajstić information content (AvgIpc) is 2.89. The van der Waals surface area contributed by atoms with Gasteiger partial charge in [0.15, 0.2) is 0 Å². The highest BCUT2D eigenvalue weighted by Gasteiger charge is 2.30. The highest BCUT2D eigenvalue weighted by molar-refractivity contribution is 7.03. The van der Waals surface area contributed by atoms with Crippen molar-refractivity contribution in [2.45, 2.75) is 18.6 Å². The van der Waals surface area contributed by atoms with Crippen LogP contribution in [0.25, 0.3) is 0 Å². The van der Waals surface area contributed by atoms with Crippen molar-refractivity contribution in [3.8, 4) is 0 Å². The van der Waals surface area contributed by atoms with E-state index in [2.05, 4.69) is 15.0 Å². The molecular formula is C11H11F3N4S. The topological polar surface area (TPSA) is 63.8 Å². The van der Waals surface area contributed by atoms with Crippen molar-refractivity contribution >= 4 is 11.5 Å². The SMILES string of the molecule is NNC(Cc1ccc(C(F)(F)F)cc1)c1csnn1. The molecule has 1 atom stereocenters. The Kier molecular flexibility index (Phi) is 4.13. The van der Waals surface area contributed by atoms with E-state index in [1.54, 1.807) is 5.38 Å². The third-order valence-electron chi connectivity index (χ3n) is 2.66. The minimum atomic E-state index is -4.32. The summed E-state index contributed by atoms with van der Waals surface area (Å²) in [5.41, 5.74) is 3.33. The van der Waals surface area contributed by atoms with Gasteiger partial charge >= 0.3 is 6.18 Å². The summed E-state index contributed by atoms with van der Waals surface area (Å²) in [6.45, 7) is 0. The van der Waals surface area contributed by atoms with Gasteiger partial charge in [-0.15, -0.1) is 5.10 Å². The van der Waals surface area contributed by atoms with Crippen molar-refractivity contribution in [1.29, 1.82) is 0 Å². The number of nitrogens with zero attached hydrogens (tertiary/aromatic N) is 2. The number of hydrogen-bond acceptors (Lipinski definition) is 5. The van der Waals surface area contributed by atoms with Crippen molar-refractivity contribution in [3.63, 3.8) is 0 Å². The number of rotatable bonds is 4. The summed E-state index contributed by atoms with van der Waals surface area (Å²) in [6, 6.07) is 4.72. The highest BCUT2D eigenvalue weighted by atomic mass is 32.1. The third-order valence-corrected chi connectivity index (χ3v) is 3.18. The minimum absolute atomic E-state index is 0.268. The zero-order valence-corrected chi connectivity index (χ0v) is 10.5. The molecule has 0 fully saturated rings. The molecule has 0 radical (unpaired) electrons. The molecule has 0 saturated heterocycles. The van der Waals surface area contributed by atoms with E-state index in [0.717, 1.165) is 17.7 Å². The van der Waals surface area contributed by atoms with Gasteiger partial charge in [0.05, 0.1) is 17.3 Å². The van der Waals surface area contributed by atoms with Crippen LogP contribution in [0.4, 0.5) is 13.2 Å². The van der Waals surface area contributed by atoms with Crippen LogP contribution >= 0.6 is 11.5 Å². The Labute approximate surface area is 111 Å². The van der Waals surface area contributed by atoms with E-state index in [9.17, 15) is 13.2 Å². The van der Waals surface area contributed by atoms with Gasteiger partial charge in [-0.2, -0.15) is 13.2 Å². The van der Waals surface area contributed by atoms with E-state index in [-0.39, 0.29) is 6.04 Å². The van der Waals surface area contributed by atoms with Crippen molar-refractivity contribution in [2.75, 3.05) is 0 Å². The Hall–Kier alpha value is -1.51. The fraction of sp³-hybridized carbons (Fsp3) is 0.273. The number of nitrogens with two attached hydrogens (primary N) is 1. The first-order chi connectivity index (χ1) is 9.00. The van der Waals surface area contributed by atoms with Gasteiger partial charge in [0.25, 0.3) is 0 Å². The van der Waals surface area contributed by atoms with Crippen LogP contribution in [-0.4, -0.2) is 9.59 Å². The summed E-state index contributed by atoms with van der Waals surface area (Å²) >= 11 is 1.19. The Bertz CT molecular complexity index is 510. The first-order valence-electron chi connectivity index (χ1n) is 5.40. The predicted molar refractivity (Wildman–Crippen MR) is 65.1 cm³/mol. The zero-order valence-electron chi connectivity index (χ0n) is 9.69. The van der Waals surface area contributed by atoms with Crippen LogP contribution < -0.4 is 11.3 Å². The monoisotopic (exact) mass is 288 g/mol. The van der Waals surface area contributed by atoms with E-state index >= 15 is 0 Å². The molecule has 19 heavy (non-hydrogen) atoms. The van der Waals surface area contributed by atoms with E-state index < -0.39 is 11.7 Å². The summed E-state index contributed by atoms with van der Waals surface area (Å²) < 4.78 is 41.0. The molecule has 0 spiro atoms. The smallest absolute Gasteiger partial charge is 0.271 e. The quantitative estimate of drug-likeness (QED) is 0.669. The number of hydrazine groups is 1. The lowest BCUT2D eigenvalue weighted by Crippen LogP contribution is -2.29. The highest BCUT2D eigenvalue weighted by Crippen LogP contribution is 2.29. The third kappa shape index (κ3) is 3.49. The number of alkyl halides is 3. The summed E-state index contributed by atoms with van der Waals surface area (Å²) in [4.78, 5) is 0. The second kappa shape index (κ2) is 5.64. The summed E-state index contributed by atoms with van der Waals surface area (Å²) in [6.07, 6.45) is -3.87. The van der Waals surface area contributed by atoms with Crippen LogP contribution in [-0.2, 0) is 12.6 Å². The van der Waals surface area contributed by atoms with Gasteiger partial charge in [-0.1, -0.05) is 16.6 Å². The van der Waals surface area contributed by atoms with Gasteiger partial charge in [-0.05, 0) is 35.6 Å². The molecule has 0 saturated carbocycles. The predicted octanol–water partition coefficient (Wildman–Crippen LogP) is 2.30. The number of aromatic nitrogens is 2. The van der Waals surface area contributed by atoms with Crippen LogP contribution in [0.15, 0.2) is 29.6 Å². The molecule has 0 aliphatic rings. The maximum absolute atomic E-state index is 12.4. The fourth-order valence-corrected chi connectivity index (χ4v) is 2.15. The molecule has 0 amide bonds. The van der Waals surface area contributed by atoms with Crippen LogP contribution in [0.5, 0.6) is 0 Å². The van der Waals surface area contributed by atoms with Gasteiger partial charge < -0.3 is 0 Å².